The predicted octanol–water partition coefficient (Wildman–Crippen LogP) is -2.33. The van der Waals surface area contributed by atoms with Crippen molar-refractivity contribution in [2.24, 2.45) is 5.92 Å². The molecular weight excluding hydrogens is 174 g/mol. The van der Waals surface area contributed by atoms with Crippen molar-refractivity contribution in [3.8, 4) is 0 Å². The largest absolute Gasteiger partial charge is 0.396 e. The molecule has 0 saturated heterocycles. The minimum Gasteiger partial charge on any atom is -0.396 e. The van der Waals surface area contributed by atoms with Gasteiger partial charge in [0.15, 0.2) is 0 Å². The SMILES string of the molecule is CN[C@@H]1C(O)C[C@H](CO)[C@H](O)[C@@H]1O. The molecule has 0 heterocycles. The topological polar surface area (TPSA) is 93.0 Å². The molecule has 1 rings (SSSR count). The summed E-state index contributed by atoms with van der Waals surface area (Å²) in [5.41, 5.74) is 0. The summed E-state index contributed by atoms with van der Waals surface area (Å²) in [4.78, 5) is 0. The van der Waals surface area contributed by atoms with E-state index in [1.165, 1.54) is 0 Å². The van der Waals surface area contributed by atoms with Gasteiger partial charge in [0.25, 0.3) is 0 Å². The predicted molar refractivity (Wildman–Crippen MR) is 46.1 cm³/mol. The van der Waals surface area contributed by atoms with E-state index >= 15 is 0 Å². The van der Waals surface area contributed by atoms with Gasteiger partial charge in [0, 0.05) is 12.5 Å². The van der Waals surface area contributed by atoms with Crippen molar-refractivity contribution < 1.29 is 20.4 Å². The maximum Gasteiger partial charge on any atom is 0.0980 e. The van der Waals surface area contributed by atoms with E-state index in [1.807, 2.05) is 0 Å². The fourth-order valence-electron chi connectivity index (χ4n) is 1.86. The van der Waals surface area contributed by atoms with Gasteiger partial charge >= 0.3 is 0 Å². The number of likely N-dealkylation sites (N-methyl/N-ethyl adjacent to an activating group) is 1. The number of aliphatic hydroxyl groups is 4. The molecule has 1 saturated carbocycles. The summed E-state index contributed by atoms with van der Waals surface area (Å²) in [6.07, 6.45) is -2.41. The second-order valence-electron chi connectivity index (χ2n) is 3.54. The number of nitrogens with one attached hydrogen (secondary N) is 1. The van der Waals surface area contributed by atoms with Crippen molar-refractivity contribution in [2.75, 3.05) is 13.7 Å². The summed E-state index contributed by atoms with van der Waals surface area (Å²) in [6, 6.07) is -0.516. The van der Waals surface area contributed by atoms with E-state index < -0.39 is 30.3 Å². The first-order chi connectivity index (χ1) is 6.11. The van der Waals surface area contributed by atoms with Crippen molar-refractivity contribution in [3.63, 3.8) is 0 Å². The van der Waals surface area contributed by atoms with Crippen molar-refractivity contribution in [3.05, 3.63) is 0 Å². The number of aliphatic hydroxyl groups excluding tert-OH is 4. The van der Waals surface area contributed by atoms with Crippen LogP contribution in [0.3, 0.4) is 0 Å². The summed E-state index contributed by atoms with van der Waals surface area (Å²) >= 11 is 0. The lowest BCUT2D eigenvalue weighted by atomic mass is 9.80. The van der Waals surface area contributed by atoms with Gasteiger partial charge in [-0.15, -0.1) is 0 Å². The van der Waals surface area contributed by atoms with Gasteiger partial charge in [0.05, 0.1) is 24.4 Å². The van der Waals surface area contributed by atoms with Crippen LogP contribution in [0.5, 0.6) is 0 Å². The molecule has 5 heteroatoms. The first-order valence-corrected chi connectivity index (χ1v) is 4.44. The molecule has 1 aliphatic carbocycles. The minimum atomic E-state index is -1.02. The Labute approximate surface area is 77.0 Å². The second-order valence-corrected chi connectivity index (χ2v) is 3.54. The van der Waals surface area contributed by atoms with Crippen LogP contribution < -0.4 is 5.32 Å². The van der Waals surface area contributed by atoms with E-state index in [1.54, 1.807) is 7.05 Å². The van der Waals surface area contributed by atoms with Gasteiger partial charge in [-0.25, -0.2) is 0 Å². The molecule has 5 nitrogen and oxygen atoms in total. The molecular formula is C8H17NO4. The van der Waals surface area contributed by atoms with E-state index in [-0.39, 0.29) is 6.61 Å². The second kappa shape index (κ2) is 4.34. The Bertz CT molecular complexity index is 166. The quantitative estimate of drug-likeness (QED) is 0.337. The van der Waals surface area contributed by atoms with Gasteiger partial charge in [-0.05, 0) is 13.5 Å². The highest BCUT2D eigenvalue weighted by atomic mass is 16.3. The summed E-state index contributed by atoms with van der Waals surface area (Å²) in [5.74, 6) is -0.436. The summed E-state index contributed by atoms with van der Waals surface area (Å²) < 4.78 is 0. The third-order valence-electron chi connectivity index (χ3n) is 2.73. The lowest BCUT2D eigenvalue weighted by molar-refractivity contribution is -0.113. The van der Waals surface area contributed by atoms with Gasteiger partial charge in [0.2, 0.25) is 0 Å². The lowest BCUT2D eigenvalue weighted by Gasteiger charge is -2.39. The van der Waals surface area contributed by atoms with E-state index in [4.69, 9.17) is 5.11 Å². The van der Waals surface area contributed by atoms with Crippen molar-refractivity contribution in [1.82, 2.24) is 5.32 Å². The fraction of sp³-hybridized carbons (Fsp3) is 1.00. The van der Waals surface area contributed by atoms with Crippen LogP contribution in [0.1, 0.15) is 6.42 Å². The highest BCUT2D eigenvalue weighted by Gasteiger charge is 2.41. The molecule has 1 unspecified atom stereocenters. The van der Waals surface area contributed by atoms with Crippen LogP contribution in [0.25, 0.3) is 0 Å². The van der Waals surface area contributed by atoms with Crippen molar-refractivity contribution >= 4 is 0 Å². The molecule has 78 valence electrons. The molecule has 0 bridgehead atoms. The molecule has 0 spiro atoms. The Morgan fingerprint density at radius 2 is 1.85 bits per heavy atom. The average molecular weight is 191 g/mol. The van der Waals surface area contributed by atoms with Crippen LogP contribution >= 0.6 is 0 Å². The first-order valence-electron chi connectivity index (χ1n) is 4.44. The average Bonchev–Trinajstić information content (AvgIpc) is 2.12. The fourth-order valence-corrected chi connectivity index (χ4v) is 1.86. The molecule has 1 aliphatic rings. The minimum absolute atomic E-state index is 0.217. The zero-order valence-electron chi connectivity index (χ0n) is 7.59. The normalized spacial score (nSPS) is 46.4. The van der Waals surface area contributed by atoms with E-state index in [9.17, 15) is 15.3 Å². The molecule has 0 aromatic carbocycles. The first kappa shape index (κ1) is 10.9. The van der Waals surface area contributed by atoms with Crippen LogP contribution in [-0.2, 0) is 0 Å². The Kier molecular flexibility index (Phi) is 3.63. The van der Waals surface area contributed by atoms with Gasteiger partial charge < -0.3 is 25.7 Å². The van der Waals surface area contributed by atoms with Crippen molar-refractivity contribution in [1.29, 1.82) is 0 Å². The van der Waals surface area contributed by atoms with E-state index in [2.05, 4.69) is 5.32 Å². The van der Waals surface area contributed by atoms with Crippen LogP contribution in [0, 0.1) is 5.92 Å². The Morgan fingerprint density at radius 3 is 2.31 bits per heavy atom. The highest BCUT2D eigenvalue weighted by Crippen LogP contribution is 2.25. The standard InChI is InChI=1S/C8H17NO4/c1-9-6-5(11)2-4(3-10)7(12)8(6)13/h4-13H,2-3H2,1H3/t4-,5?,6-,7+,8-/m1/s1. The Balaban J connectivity index is 2.66. The maximum absolute atomic E-state index is 9.53. The number of hydrogen-bond donors (Lipinski definition) is 5. The summed E-state index contributed by atoms with van der Waals surface area (Å²) in [5, 5.41) is 40.1. The highest BCUT2D eigenvalue weighted by molar-refractivity contribution is 4.95. The van der Waals surface area contributed by atoms with Gasteiger partial charge in [-0.3, -0.25) is 0 Å². The number of rotatable bonds is 2. The monoisotopic (exact) mass is 191 g/mol. The Hall–Kier alpha value is -0.200. The van der Waals surface area contributed by atoms with Crippen LogP contribution in [0.2, 0.25) is 0 Å². The molecule has 0 aromatic rings. The van der Waals surface area contributed by atoms with Crippen LogP contribution in [0.4, 0.5) is 0 Å². The molecule has 13 heavy (non-hydrogen) atoms. The lowest BCUT2D eigenvalue weighted by Crippen LogP contribution is -2.59. The molecule has 0 aromatic heterocycles. The van der Waals surface area contributed by atoms with E-state index in [0.717, 1.165) is 0 Å². The summed E-state index contributed by atoms with van der Waals surface area (Å²) in [7, 11) is 1.61. The molecule has 0 aliphatic heterocycles. The third kappa shape index (κ3) is 2.00. The van der Waals surface area contributed by atoms with Gasteiger partial charge in [-0.1, -0.05) is 0 Å². The van der Waals surface area contributed by atoms with Crippen molar-refractivity contribution in [2.45, 2.75) is 30.8 Å². The number of hydrogen-bond acceptors (Lipinski definition) is 5. The zero-order chi connectivity index (χ0) is 10.0. The van der Waals surface area contributed by atoms with Gasteiger partial charge in [-0.2, -0.15) is 0 Å². The molecule has 5 N–H and O–H groups in total. The summed E-state index contributed by atoms with van der Waals surface area (Å²) in [6.45, 7) is -0.217. The van der Waals surface area contributed by atoms with Gasteiger partial charge in [0.1, 0.15) is 0 Å². The van der Waals surface area contributed by atoms with Crippen LogP contribution in [0.15, 0.2) is 0 Å². The maximum atomic E-state index is 9.53. The Morgan fingerprint density at radius 1 is 1.23 bits per heavy atom. The molecule has 0 radical (unpaired) electrons. The van der Waals surface area contributed by atoms with Crippen LogP contribution in [-0.4, -0.2) is 58.4 Å². The zero-order valence-corrected chi connectivity index (χ0v) is 7.59. The molecule has 0 amide bonds. The molecule has 5 atom stereocenters. The third-order valence-corrected chi connectivity index (χ3v) is 2.73. The smallest absolute Gasteiger partial charge is 0.0980 e. The van der Waals surface area contributed by atoms with E-state index in [0.29, 0.717) is 6.42 Å². The molecule has 1 fully saturated rings.